The van der Waals surface area contributed by atoms with Crippen LogP contribution in [-0.2, 0) is 35.6 Å². The van der Waals surface area contributed by atoms with Gasteiger partial charge in [0.1, 0.15) is 35.1 Å². The van der Waals surface area contributed by atoms with Crippen molar-refractivity contribution >= 4 is 44.6 Å². The number of hydrogen-bond donors (Lipinski definition) is 3. The molecule has 5 rings (SSSR count). The second kappa shape index (κ2) is 14.0. The summed E-state index contributed by atoms with van der Waals surface area (Å²) in [6.07, 6.45) is 1.29. The Labute approximate surface area is 299 Å². The molecule has 1 aliphatic carbocycles. The minimum absolute atomic E-state index is 0.0105. The van der Waals surface area contributed by atoms with E-state index in [1.54, 1.807) is 41.5 Å². The fourth-order valence-corrected chi connectivity index (χ4v) is 7.65. The Bertz CT molecular complexity index is 1830. The minimum atomic E-state index is -3.92. The van der Waals surface area contributed by atoms with Crippen molar-refractivity contribution < 1.29 is 41.8 Å². The van der Waals surface area contributed by atoms with Gasteiger partial charge in [-0.05, 0) is 58.4 Å². The highest BCUT2D eigenvalue weighted by molar-refractivity contribution is 7.91. The third-order valence-electron chi connectivity index (χ3n) is 9.04. The number of aromatic nitrogens is 1. The highest BCUT2D eigenvalue weighted by Crippen LogP contribution is 2.38. The van der Waals surface area contributed by atoms with Crippen LogP contribution in [0.15, 0.2) is 36.9 Å². The summed E-state index contributed by atoms with van der Waals surface area (Å²) in [5, 5.41) is 6.30. The maximum atomic E-state index is 14.5. The van der Waals surface area contributed by atoms with Gasteiger partial charge in [-0.2, -0.15) is 0 Å². The van der Waals surface area contributed by atoms with Crippen molar-refractivity contribution in [3.05, 3.63) is 42.6 Å². The number of pyridine rings is 1. The summed E-state index contributed by atoms with van der Waals surface area (Å²) in [5.41, 5.74) is -2.62. The van der Waals surface area contributed by atoms with Crippen molar-refractivity contribution in [3.8, 4) is 11.6 Å². The minimum Gasteiger partial charge on any atom is -0.491 e. The molecule has 0 bridgehead atoms. The number of amides is 4. The molecule has 1 aromatic heterocycles. The molecule has 1 saturated heterocycles. The molecule has 278 valence electrons. The number of alkyl carbamates (subject to hydrolysis) is 1. The van der Waals surface area contributed by atoms with E-state index in [-0.39, 0.29) is 19.4 Å². The van der Waals surface area contributed by atoms with Crippen LogP contribution in [-0.4, -0.2) is 89.8 Å². The average molecular weight is 728 g/mol. The van der Waals surface area contributed by atoms with E-state index in [0.29, 0.717) is 42.9 Å². The first kappa shape index (κ1) is 37.8. The summed E-state index contributed by atoms with van der Waals surface area (Å²) in [5.74, 6) is -1.16. The van der Waals surface area contributed by atoms with Crippen molar-refractivity contribution in [2.24, 2.45) is 5.41 Å². The normalized spacial score (nSPS) is 20.7. The number of carbonyl (C=O) groups excluding carboxylic acids is 4. The molecule has 4 atom stereocenters. The van der Waals surface area contributed by atoms with E-state index in [2.05, 4.69) is 21.9 Å². The Hall–Kier alpha value is -4.40. The van der Waals surface area contributed by atoms with Crippen LogP contribution in [0.4, 0.5) is 4.79 Å². The molecule has 15 heteroatoms. The smallest absolute Gasteiger partial charge is 0.408 e. The van der Waals surface area contributed by atoms with Crippen LogP contribution in [0, 0.1) is 5.41 Å². The lowest BCUT2D eigenvalue weighted by Gasteiger charge is -2.36. The Morgan fingerprint density at radius 2 is 1.75 bits per heavy atom. The highest BCUT2D eigenvalue weighted by Gasteiger charge is 2.49. The standard InChI is InChI=1S/C36H49N5O9S/c1-9-17-36(8,32(44)40-51(46,47)22-14-15-22)39-29(42)26-19-21(49-30-24-13-11-10-12-23(24)27-25(37-30)16-18-48-27)20-41(26)31(43)28(34(2,3)4)38-33(45)50-35(5,6)7/h9-13,21-22,26,28H,1,14-20H2,2-8H3,(H,38,45)(H,39,42)(H,40,44)/t21-,26-,28-,36+/m1/s1. The van der Waals surface area contributed by atoms with Gasteiger partial charge in [0.15, 0.2) is 0 Å². The zero-order valence-electron chi connectivity index (χ0n) is 30.3. The number of nitrogens with one attached hydrogen (secondary N) is 3. The van der Waals surface area contributed by atoms with Gasteiger partial charge >= 0.3 is 6.09 Å². The number of nitrogens with zero attached hydrogens (tertiary/aromatic N) is 2. The van der Waals surface area contributed by atoms with Gasteiger partial charge in [-0.1, -0.05) is 45.0 Å². The molecule has 1 aromatic carbocycles. The Morgan fingerprint density at radius 1 is 1.08 bits per heavy atom. The van der Waals surface area contributed by atoms with Crippen molar-refractivity contribution in [1.82, 2.24) is 25.2 Å². The Kier molecular flexibility index (Phi) is 10.4. The second-order valence-electron chi connectivity index (χ2n) is 15.8. The van der Waals surface area contributed by atoms with Gasteiger partial charge in [0.2, 0.25) is 27.7 Å². The van der Waals surface area contributed by atoms with E-state index >= 15 is 0 Å². The maximum absolute atomic E-state index is 14.5. The first-order chi connectivity index (χ1) is 23.7. The summed E-state index contributed by atoms with van der Waals surface area (Å²) in [4.78, 5) is 61.2. The summed E-state index contributed by atoms with van der Waals surface area (Å²) >= 11 is 0. The number of rotatable bonds is 11. The quantitative estimate of drug-likeness (QED) is 0.290. The summed E-state index contributed by atoms with van der Waals surface area (Å²) in [7, 11) is -3.92. The number of hydrogen-bond acceptors (Lipinski definition) is 10. The third kappa shape index (κ3) is 8.57. The molecule has 51 heavy (non-hydrogen) atoms. The summed E-state index contributed by atoms with van der Waals surface area (Å²) in [6.45, 7) is 16.0. The predicted octanol–water partition coefficient (Wildman–Crippen LogP) is 3.52. The number of ether oxygens (including phenoxy) is 3. The van der Waals surface area contributed by atoms with Gasteiger partial charge in [0, 0.05) is 23.6 Å². The van der Waals surface area contributed by atoms with Crippen LogP contribution in [0.5, 0.6) is 11.6 Å². The molecule has 0 unspecified atom stereocenters. The van der Waals surface area contributed by atoms with Gasteiger partial charge in [-0.15, -0.1) is 6.58 Å². The van der Waals surface area contributed by atoms with Crippen molar-refractivity contribution in [2.45, 2.75) is 115 Å². The number of sulfonamides is 1. The molecule has 1 saturated carbocycles. The molecular formula is C36H49N5O9S. The van der Waals surface area contributed by atoms with Gasteiger partial charge in [-0.3, -0.25) is 19.1 Å². The average Bonchev–Trinajstić information content (AvgIpc) is 3.65. The predicted molar refractivity (Wildman–Crippen MR) is 190 cm³/mol. The molecule has 0 radical (unpaired) electrons. The van der Waals surface area contributed by atoms with Crippen LogP contribution in [0.2, 0.25) is 0 Å². The maximum Gasteiger partial charge on any atom is 0.408 e. The third-order valence-corrected chi connectivity index (χ3v) is 10.9. The number of likely N-dealkylation sites (tertiary alicyclic amines) is 1. The fourth-order valence-electron chi connectivity index (χ4n) is 6.25. The second-order valence-corrected chi connectivity index (χ2v) is 17.7. The lowest BCUT2D eigenvalue weighted by Crippen LogP contribution is -2.62. The molecule has 3 N–H and O–H groups in total. The van der Waals surface area contributed by atoms with Crippen LogP contribution >= 0.6 is 0 Å². The van der Waals surface area contributed by atoms with Crippen LogP contribution in [0.25, 0.3) is 10.8 Å². The van der Waals surface area contributed by atoms with Crippen LogP contribution in [0.3, 0.4) is 0 Å². The molecule has 2 aromatic rings. The molecule has 14 nitrogen and oxygen atoms in total. The lowest BCUT2D eigenvalue weighted by atomic mass is 9.85. The molecular weight excluding hydrogens is 678 g/mol. The monoisotopic (exact) mass is 727 g/mol. The molecule has 2 aliphatic heterocycles. The van der Waals surface area contributed by atoms with Gasteiger partial charge < -0.3 is 29.7 Å². The topological polar surface area (TPSA) is 182 Å². The zero-order chi connectivity index (χ0) is 37.5. The lowest BCUT2D eigenvalue weighted by molar-refractivity contribution is -0.143. The van der Waals surface area contributed by atoms with Crippen molar-refractivity contribution in [1.29, 1.82) is 0 Å². The molecule has 2 fully saturated rings. The Morgan fingerprint density at radius 3 is 2.35 bits per heavy atom. The highest BCUT2D eigenvalue weighted by atomic mass is 32.2. The summed E-state index contributed by atoms with van der Waals surface area (Å²) < 4.78 is 45.2. The first-order valence-corrected chi connectivity index (χ1v) is 18.8. The van der Waals surface area contributed by atoms with Gasteiger partial charge in [-0.25, -0.2) is 18.2 Å². The molecule has 4 amide bonds. The van der Waals surface area contributed by atoms with E-state index in [1.165, 1.54) is 17.9 Å². The fraction of sp³-hybridized carbons (Fsp3) is 0.583. The van der Waals surface area contributed by atoms with Crippen LogP contribution in [0.1, 0.15) is 79.8 Å². The molecule has 3 aliphatic rings. The molecule has 3 heterocycles. The zero-order valence-corrected chi connectivity index (χ0v) is 31.1. The summed E-state index contributed by atoms with van der Waals surface area (Å²) in [6, 6.07) is 5.22. The Balaban J connectivity index is 1.47. The first-order valence-electron chi connectivity index (χ1n) is 17.2. The SMILES string of the molecule is C=CC[C@](C)(NC(=O)[C@H]1C[C@@H](Oc2nc3c(c4ccccc24)OCC3)CN1C(=O)[C@@H](NC(=O)OC(C)(C)C)C(C)(C)C)C(=O)NS(=O)(=O)C1CC1. The van der Waals surface area contributed by atoms with Gasteiger partial charge in [0.25, 0.3) is 5.91 Å². The number of carbonyl (C=O) groups is 4. The van der Waals surface area contributed by atoms with Gasteiger partial charge in [0.05, 0.1) is 24.1 Å². The van der Waals surface area contributed by atoms with E-state index in [9.17, 15) is 27.6 Å². The van der Waals surface area contributed by atoms with Crippen molar-refractivity contribution in [3.63, 3.8) is 0 Å². The van der Waals surface area contributed by atoms with E-state index in [0.717, 1.165) is 11.1 Å². The number of fused-ring (bicyclic) bond motifs is 3. The molecule has 0 spiro atoms. The van der Waals surface area contributed by atoms with Crippen molar-refractivity contribution in [2.75, 3.05) is 13.2 Å². The van der Waals surface area contributed by atoms with Crippen LogP contribution < -0.4 is 24.8 Å². The van der Waals surface area contributed by atoms with E-state index in [4.69, 9.17) is 19.2 Å². The largest absolute Gasteiger partial charge is 0.491 e. The van der Waals surface area contributed by atoms with E-state index < -0.39 is 73.8 Å². The van der Waals surface area contributed by atoms with E-state index in [1.807, 2.05) is 24.3 Å². The number of benzene rings is 1.